The highest BCUT2D eigenvalue weighted by Crippen LogP contribution is 2.28. The largest absolute Gasteiger partial charge is 0.573 e. The number of ether oxygens (including phenoxy) is 1. The number of aliphatic hydroxyl groups is 2. The molecule has 1 aromatic carbocycles. The highest BCUT2D eigenvalue weighted by atomic mass is 19.4. The van der Waals surface area contributed by atoms with Crippen LogP contribution in [-0.4, -0.2) is 35.1 Å². The van der Waals surface area contributed by atoms with Gasteiger partial charge in [-0.3, -0.25) is 4.79 Å². The topological polar surface area (TPSA) is 78.8 Å². The number of hydrogen-bond donors (Lipinski definition) is 3. The van der Waals surface area contributed by atoms with Gasteiger partial charge in [0.05, 0.1) is 0 Å². The van der Waals surface area contributed by atoms with Crippen molar-refractivity contribution < 1.29 is 37.3 Å². The molecule has 9 heteroatoms. The maximum Gasteiger partial charge on any atom is 0.573 e. The van der Waals surface area contributed by atoms with Crippen LogP contribution in [0.5, 0.6) is 5.75 Å². The fourth-order valence-electron chi connectivity index (χ4n) is 1.49. The van der Waals surface area contributed by atoms with E-state index in [1.165, 1.54) is 6.92 Å². The Morgan fingerprint density at radius 1 is 1.38 bits per heavy atom. The third-order valence-corrected chi connectivity index (χ3v) is 2.45. The van der Waals surface area contributed by atoms with Gasteiger partial charge >= 0.3 is 6.36 Å². The van der Waals surface area contributed by atoms with Gasteiger partial charge in [-0.15, -0.1) is 13.2 Å². The van der Waals surface area contributed by atoms with Crippen LogP contribution in [0.3, 0.4) is 0 Å². The van der Waals surface area contributed by atoms with E-state index in [1.54, 1.807) is 0 Å². The third-order valence-electron chi connectivity index (χ3n) is 2.45. The lowest BCUT2D eigenvalue weighted by Gasteiger charge is -2.19. The van der Waals surface area contributed by atoms with Crippen molar-refractivity contribution in [3.05, 3.63) is 29.6 Å². The van der Waals surface area contributed by atoms with Crippen LogP contribution < -0.4 is 10.1 Å². The Hall–Kier alpha value is -1.87. The van der Waals surface area contributed by atoms with E-state index in [2.05, 4.69) is 10.1 Å². The number of carbonyl (C=O) groups is 1. The van der Waals surface area contributed by atoms with Crippen LogP contribution in [0.4, 0.5) is 17.6 Å². The quantitative estimate of drug-likeness (QED) is 0.715. The lowest BCUT2D eigenvalue weighted by molar-refractivity contribution is -0.275. The molecule has 0 heterocycles. The van der Waals surface area contributed by atoms with Crippen LogP contribution in [0.1, 0.15) is 18.6 Å². The van der Waals surface area contributed by atoms with Gasteiger partial charge in [-0.05, 0) is 17.7 Å². The number of aliphatic hydroxyl groups excluding tert-OH is 2. The maximum absolute atomic E-state index is 13.4. The third kappa shape index (κ3) is 5.56. The Morgan fingerprint density at radius 3 is 2.48 bits per heavy atom. The van der Waals surface area contributed by atoms with Crippen molar-refractivity contribution in [2.24, 2.45) is 0 Å². The highest BCUT2D eigenvalue weighted by molar-refractivity contribution is 5.72. The van der Waals surface area contributed by atoms with E-state index < -0.39 is 36.0 Å². The van der Waals surface area contributed by atoms with Crippen LogP contribution in [-0.2, 0) is 4.79 Å². The molecule has 1 rings (SSSR count). The predicted molar refractivity (Wildman–Crippen MR) is 62.7 cm³/mol. The molecule has 0 aliphatic rings. The van der Waals surface area contributed by atoms with Gasteiger partial charge in [0.2, 0.25) is 5.91 Å². The molecular formula is C12H13F4NO4. The summed E-state index contributed by atoms with van der Waals surface area (Å²) >= 11 is 0. The smallest absolute Gasteiger partial charge is 0.403 e. The SMILES string of the molecule is CC(=O)NCC(O)C(O)c1ccc(OC(F)(F)F)c(F)c1. The van der Waals surface area contributed by atoms with Crippen molar-refractivity contribution in [2.45, 2.75) is 25.5 Å². The van der Waals surface area contributed by atoms with E-state index in [4.69, 9.17) is 0 Å². The standard InChI is InChI=1S/C12H13F4NO4/c1-6(18)17-5-9(19)11(20)7-2-3-10(8(13)4-7)21-12(14,15)16/h2-4,9,11,19-20H,5H2,1H3,(H,17,18). The average Bonchev–Trinajstić information content (AvgIpc) is 2.36. The van der Waals surface area contributed by atoms with Crippen molar-refractivity contribution in [2.75, 3.05) is 6.54 Å². The molecule has 0 fully saturated rings. The normalized spacial score (nSPS) is 14.4. The van der Waals surface area contributed by atoms with Crippen molar-refractivity contribution in [3.8, 4) is 5.75 Å². The number of rotatable bonds is 5. The van der Waals surface area contributed by atoms with E-state index in [1.807, 2.05) is 0 Å². The van der Waals surface area contributed by atoms with Crippen LogP contribution in [0, 0.1) is 5.82 Å². The molecule has 0 saturated heterocycles. The molecule has 5 nitrogen and oxygen atoms in total. The Balaban J connectivity index is 2.80. The summed E-state index contributed by atoms with van der Waals surface area (Å²) in [6, 6.07) is 2.28. The van der Waals surface area contributed by atoms with Gasteiger partial charge in [-0.2, -0.15) is 0 Å². The Morgan fingerprint density at radius 2 is 2.00 bits per heavy atom. The average molecular weight is 311 g/mol. The number of alkyl halides is 3. The molecule has 2 atom stereocenters. The minimum Gasteiger partial charge on any atom is -0.403 e. The van der Waals surface area contributed by atoms with Crippen molar-refractivity contribution in [3.63, 3.8) is 0 Å². The zero-order chi connectivity index (χ0) is 16.2. The molecule has 0 aliphatic heterocycles. The van der Waals surface area contributed by atoms with Crippen molar-refractivity contribution in [1.29, 1.82) is 0 Å². The molecule has 118 valence electrons. The zero-order valence-corrected chi connectivity index (χ0v) is 10.8. The van der Waals surface area contributed by atoms with Gasteiger partial charge < -0.3 is 20.3 Å². The minimum absolute atomic E-state index is 0.153. The van der Waals surface area contributed by atoms with E-state index in [-0.39, 0.29) is 12.1 Å². The lowest BCUT2D eigenvalue weighted by Crippen LogP contribution is -2.34. The fraction of sp³-hybridized carbons (Fsp3) is 0.417. The molecule has 1 aromatic rings. The number of nitrogens with one attached hydrogen (secondary N) is 1. The van der Waals surface area contributed by atoms with Crippen LogP contribution >= 0.6 is 0 Å². The number of halogens is 4. The second-order valence-electron chi connectivity index (χ2n) is 4.19. The first kappa shape index (κ1) is 17.2. The van der Waals surface area contributed by atoms with Crippen molar-refractivity contribution >= 4 is 5.91 Å². The second kappa shape index (κ2) is 6.72. The molecule has 0 radical (unpaired) electrons. The first-order valence-corrected chi connectivity index (χ1v) is 5.76. The summed E-state index contributed by atoms with van der Waals surface area (Å²) in [5, 5.41) is 21.5. The summed E-state index contributed by atoms with van der Waals surface area (Å²) in [5.74, 6) is -2.83. The molecule has 1 amide bonds. The van der Waals surface area contributed by atoms with Crippen LogP contribution in [0.25, 0.3) is 0 Å². The molecule has 3 N–H and O–H groups in total. The number of hydrogen-bond acceptors (Lipinski definition) is 4. The Labute approximate surface area is 117 Å². The summed E-state index contributed by atoms with van der Waals surface area (Å²) in [6.45, 7) is 0.904. The highest BCUT2D eigenvalue weighted by Gasteiger charge is 2.32. The Kier molecular flexibility index (Phi) is 5.50. The summed E-state index contributed by atoms with van der Waals surface area (Å²) in [6.07, 6.45) is -8.06. The van der Waals surface area contributed by atoms with Gasteiger partial charge in [0.15, 0.2) is 11.6 Å². The summed E-state index contributed by atoms with van der Waals surface area (Å²) in [5.41, 5.74) is -0.153. The second-order valence-corrected chi connectivity index (χ2v) is 4.19. The maximum atomic E-state index is 13.4. The number of carbonyl (C=O) groups excluding carboxylic acids is 1. The first-order chi connectivity index (χ1) is 9.60. The summed E-state index contributed by atoms with van der Waals surface area (Å²) in [4.78, 5) is 10.7. The summed E-state index contributed by atoms with van der Waals surface area (Å²) < 4.78 is 52.8. The molecule has 0 aliphatic carbocycles. The molecule has 21 heavy (non-hydrogen) atoms. The summed E-state index contributed by atoms with van der Waals surface area (Å²) in [7, 11) is 0. The monoisotopic (exact) mass is 311 g/mol. The van der Waals surface area contributed by atoms with E-state index in [0.29, 0.717) is 12.1 Å². The van der Waals surface area contributed by atoms with E-state index in [0.717, 1.165) is 6.07 Å². The van der Waals surface area contributed by atoms with Gasteiger partial charge in [-0.25, -0.2) is 4.39 Å². The molecular weight excluding hydrogens is 298 g/mol. The van der Waals surface area contributed by atoms with Crippen LogP contribution in [0.2, 0.25) is 0 Å². The predicted octanol–water partition coefficient (Wildman–Crippen LogP) is 1.25. The minimum atomic E-state index is -5.04. The Bertz CT molecular complexity index is 507. The van der Waals surface area contributed by atoms with Gasteiger partial charge in [-0.1, -0.05) is 6.07 Å². The molecule has 0 aromatic heterocycles. The molecule has 0 saturated carbocycles. The zero-order valence-electron chi connectivity index (χ0n) is 10.8. The first-order valence-electron chi connectivity index (χ1n) is 5.76. The van der Waals surface area contributed by atoms with Crippen LogP contribution in [0.15, 0.2) is 18.2 Å². The van der Waals surface area contributed by atoms with Crippen molar-refractivity contribution in [1.82, 2.24) is 5.32 Å². The molecule has 0 bridgehead atoms. The fourth-order valence-corrected chi connectivity index (χ4v) is 1.49. The molecule has 2 unspecified atom stereocenters. The lowest BCUT2D eigenvalue weighted by atomic mass is 10.0. The van der Waals surface area contributed by atoms with E-state index >= 15 is 0 Å². The van der Waals surface area contributed by atoms with Gasteiger partial charge in [0.25, 0.3) is 0 Å². The van der Waals surface area contributed by atoms with Gasteiger partial charge in [0, 0.05) is 13.5 Å². The number of benzene rings is 1. The molecule has 0 spiro atoms. The number of amides is 1. The van der Waals surface area contributed by atoms with Gasteiger partial charge in [0.1, 0.15) is 12.2 Å². The van der Waals surface area contributed by atoms with E-state index in [9.17, 15) is 32.6 Å².